The van der Waals surface area contributed by atoms with Crippen molar-refractivity contribution in [1.29, 1.82) is 0 Å². The third-order valence-electron chi connectivity index (χ3n) is 7.77. The third-order valence-corrected chi connectivity index (χ3v) is 8.30. The van der Waals surface area contributed by atoms with Gasteiger partial charge in [-0.1, -0.05) is 18.2 Å². The normalized spacial score (nSPS) is 26.1. The summed E-state index contributed by atoms with van der Waals surface area (Å²) in [5.41, 5.74) is -1.91. The summed E-state index contributed by atoms with van der Waals surface area (Å²) in [5.74, 6) is -3.59. The van der Waals surface area contributed by atoms with Crippen molar-refractivity contribution < 1.29 is 32.6 Å². The number of hydrogen-bond acceptors (Lipinski definition) is 5. The maximum atomic E-state index is 14.9. The van der Waals surface area contributed by atoms with E-state index < -0.39 is 52.9 Å². The number of aromatic nitrogens is 1. The van der Waals surface area contributed by atoms with Gasteiger partial charge < -0.3 is 20.1 Å². The van der Waals surface area contributed by atoms with Gasteiger partial charge in [0.2, 0.25) is 6.43 Å². The van der Waals surface area contributed by atoms with Crippen molar-refractivity contribution >= 4 is 29.1 Å². The molecule has 0 unspecified atom stereocenters. The van der Waals surface area contributed by atoms with Crippen molar-refractivity contribution in [2.75, 3.05) is 18.6 Å². The first-order chi connectivity index (χ1) is 19.1. The summed E-state index contributed by atoms with van der Waals surface area (Å²) in [5, 5.41) is 13.7. The number of pyridine rings is 1. The second kappa shape index (κ2) is 11.1. The molecule has 1 aliphatic heterocycles. The van der Waals surface area contributed by atoms with E-state index in [1.54, 1.807) is 18.2 Å². The molecule has 210 valence electrons. The van der Waals surface area contributed by atoms with Crippen LogP contribution in [0.2, 0.25) is 0 Å². The highest BCUT2D eigenvalue weighted by Gasteiger charge is 2.54. The maximum Gasteiger partial charge on any atom is 0.268 e. The maximum absolute atomic E-state index is 14.9. The van der Waals surface area contributed by atoms with Crippen molar-refractivity contribution in [3.63, 3.8) is 0 Å². The minimum atomic E-state index is -2.76. The molecular weight excluding hydrogens is 547 g/mol. The monoisotopic (exact) mass is 573 g/mol. The van der Waals surface area contributed by atoms with Crippen LogP contribution in [0.3, 0.4) is 0 Å². The van der Waals surface area contributed by atoms with E-state index in [9.17, 15) is 27.9 Å². The van der Waals surface area contributed by atoms with E-state index in [1.807, 2.05) is 0 Å². The average Bonchev–Trinajstić information content (AvgIpc) is 3.16. The molecule has 2 amide bonds. The Balaban J connectivity index is 1.42. The Morgan fingerprint density at radius 2 is 1.98 bits per heavy atom. The van der Waals surface area contributed by atoms with Crippen LogP contribution < -0.4 is 15.0 Å². The van der Waals surface area contributed by atoms with Crippen molar-refractivity contribution in [3.8, 4) is 5.75 Å². The fourth-order valence-corrected chi connectivity index (χ4v) is 6.05. The van der Waals surface area contributed by atoms with Crippen LogP contribution in [0.15, 0.2) is 67.0 Å². The van der Waals surface area contributed by atoms with Gasteiger partial charge in [0.05, 0.1) is 18.4 Å². The number of nitrogens with one attached hydrogen (secondary N) is 1. The Labute approximate surface area is 233 Å². The molecular formula is C29H27ClF3N3O4. The largest absolute Gasteiger partial charge is 0.497 e. The van der Waals surface area contributed by atoms with Crippen LogP contribution in [0.1, 0.15) is 34.3 Å². The first-order valence-corrected chi connectivity index (χ1v) is 13.2. The number of carbonyl (C=O) groups excluding carboxylic acids is 2. The van der Waals surface area contributed by atoms with Gasteiger partial charge in [-0.15, -0.1) is 11.6 Å². The van der Waals surface area contributed by atoms with Gasteiger partial charge in [-0.25, -0.2) is 13.2 Å². The lowest BCUT2D eigenvalue weighted by molar-refractivity contribution is -0.132. The van der Waals surface area contributed by atoms with E-state index in [0.717, 1.165) is 6.07 Å². The number of rotatable bonds is 7. The molecule has 0 radical (unpaired) electrons. The smallest absolute Gasteiger partial charge is 0.268 e. The summed E-state index contributed by atoms with van der Waals surface area (Å²) in [6, 6.07) is 12.3. The Kier molecular flexibility index (Phi) is 7.74. The van der Waals surface area contributed by atoms with Gasteiger partial charge in [0.1, 0.15) is 11.6 Å². The van der Waals surface area contributed by atoms with E-state index in [0.29, 0.717) is 11.4 Å². The van der Waals surface area contributed by atoms with Gasteiger partial charge in [-0.3, -0.25) is 14.6 Å². The Bertz CT molecular complexity index is 1410. The number of fused-ring (bicyclic) bond motifs is 1. The van der Waals surface area contributed by atoms with Crippen molar-refractivity contribution in [1.82, 2.24) is 10.3 Å². The minimum absolute atomic E-state index is 0.0440. The fraction of sp³-hybridized carbons (Fsp3) is 0.345. The molecule has 11 heteroatoms. The Hall–Kier alpha value is -3.63. The molecule has 5 atom stereocenters. The number of methoxy groups -OCH3 is 1. The molecule has 1 aromatic heterocycles. The van der Waals surface area contributed by atoms with Crippen LogP contribution in [0.25, 0.3) is 0 Å². The molecule has 2 heterocycles. The first-order valence-electron chi connectivity index (χ1n) is 12.8. The van der Waals surface area contributed by atoms with Crippen LogP contribution in [-0.4, -0.2) is 53.4 Å². The summed E-state index contributed by atoms with van der Waals surface area (Å²) in [6.45, 7) is -0.0877. The number of amides is 2. The quantitative estimate of drug-likeness (QED) is 0.406. The number of anilines is 1. The van der Waals surface area contributed by atoms with Crippen LogP contribution in [-0.2, 0) is 10.4 Å². The number of alkyl halides is 3. The number of hydrogen-bond donors (Lipinski definition) is 2. The van der Waals surface area contributed by atoms with Crippen LogP contribution >= 0.6 is 11.6 Å². The number of ether oxygens (including phenoxy) is 1. The highest BCUT2D eigenvalue weighted by Crippen LogP contribution is 2.48. The summed E-state index contributed by atoms with van der Waals surface area (Å²) in [6.07, 6.45) is 0.0463. The van der Waals surface area contributed by atoms with Crippen molar-refractivity contribution in [2.45, 2.75) is 36.3 Å². The van der Waals surface area contributed by atoms with Crippen LogP contribution in [0.4, 0.5) is 18.9 Å². The number of aliphatic hydroxyl groups is 1. The van der Waals surface area contributed by atoms with E-state index in [2.05, 4.69) is 10.3 Å². The number of nitrogens with zero attached hydrogens (tertiary/aromatic N) is 2. The Morgan fingerprint density at radius 1 is 1.20 bits per heavy atom. The van der Waals surface area contributed by atoms with Crippen LogP contribution in [0.5, 0.6) is 5.75 Å². The number of benzene rings is 2. The SMILES string of the molecule is COc1ccc2c(c1)[C@@](O)(c1ccccc1F)C(=O)N2C[C@H]1C[C@@H](C(F)F)[C@H](NC(=O)c2cccnc2)C[C@H]1Cl. The Morgan fingerprint density at radius 3 is 2.65 bits per heavy atom. The summed E-state index contributed by atoms with van der Waals surface area (Å²) in [7, 11) is 1.42. The van der Waals surface area contributed by atoms with E-state index in [1.165, 1.54) is 54.7 Å². The predicted octanol–water partition coefficient (Wildman–Crippen LogP) is 4.51. The molecule has 7 nitrogen and oxygen atoms in total. The van der Waals surface area contributed by atoms with Gasteiger partial charge in [-0.05, 0) is 55.2 Å². The molecule has 3 aromatic rings. The van der Waals surface area contributed by atoms with Gasteiger partial charge in [0.15, 0.2) is 5.60 Å². The van der Waals surface area contributed by atoms with E-state index in [-0.39, 0.29) is 36.1 Å². The molecule has 1 aliphatic carbocycles. The second-order valence-electron chi connectivity index (χ2n) is 10.1. The van der Waals surface area contributed by atoms with Gasteiger partial charge in [0.25, 0.3) is 11.8 Å². The molecule has 0 spiro atoms. The molecule has 40 heavy (non-hydrogen) atoms. The van der Waals surface area contributed by atoms with Crippen molar-refractivity contribution in [2.24, 2.45) is 11.8 Å². The first kappa shape index (κ1) is 27.9. The van der Waals surface area contributed by atoms with E-state index >= 15 is 0 Å². The molecule has 5 rings (SSSR count). The summed E-state index contributed by atoms with van der Waals surface area (Å²) < 4.78 is 48.6. The molecule has 2 N–H and O–H groups in total. The second-order valence-corrected chi connectivity index (χ2v) is 10.6. The van der Waals surface area contributed by atoms with Gasteiger partial charge in [0, 0.05) is 47.4 Å². The van der Waals surface area contributed by atoms with Crippen molar-refractivity contribution in [3.05, 3.63) is 89.5 Å². The molecule has 0 bridgehead atoms. The van der Waals surface area contributed by atoms with E-state index in [4.69, 9.17) is 16.3 Å². The summed E-state index contributed by atoms with van der Waals surface area (Å²) in [4.78, 5) is 31.6. The third kappa shape index (κ3) is 4.90. The minimum Gasteiger partial charge on any atom is -0.497 e. The molecule has 2 aromatic carbocycles. The predicted molar refractivity (Wildman–Crippen MR) is 142 cm³/mol. The lowest BCUT2D eigenvalue weighted by atomic mass is 9.77. The molecule has 1 saturated carbocycles. The zero-order valence-corrected chi connectivity index (χ0v) is 22.2. The number of halogens is 4. The molecule has 0 saturated heterocycles. The molecule has 1 fully saturated rings. The van der Waals surface area contributed by atoms with Gasteiger partial charge >= 0.3 is 0 Å². The lowest BCUT2D eigenvalue weighted by Gasteiger charge is -2.40. The highest BCUT2D eigenvalue weighted by molar-refractivity contribution is 6.21. The summed E-state index contributed by atoms with van der Waals surface area (Å²) >= 11 is 6.70. The highest BCUT2D eigenvalue weighted by atomic mass is 35.5. The number of carbonyl (C=O) groups is 2. The standard InChI is InChI=1S/C29H27ClF3N3O4/c1-40-18-8-9-25-21(12-18)29(39,20-6-2-3-7-23(20)31)28(38)36(25)15-17-11-19(26(32)33)24(13-22(17)30)35-27(37)16-5-4-10-34-14-16/h2-10,12,14,17,19,22,24,26,39H,11,13,15H2,1H3,(H,35,37)/t17-,19-,22-,24-,29+/m1/s1. The van der Waals surface area contributed by atoms with Crippen LogP contribution in [0, 0.1) is 17.7 Å². The molecule has 2 aliphatic rings. The van der Waals surface area contributed by atoms with Gasteiger partial charge in [-0.2, -0.15) is 0 Å². The lowest BCUT2D eigenvalue weighted by Crippen LogP contribution is -2.52. The zero-order valence-electron chi connectivity index (χ0n) is 21.4. The fourth-order valence-electron chi connectivity index (χ4n) is 5.67. The topological polar surface area (TPSA) is 91.8 Å². The average molecular weight is 574 g/mol. The zero-order chi connectivity index (χ0) is 28.6.